The Morgan fingerprint density at radius 2 is 2.14 bits per heavy atom. The van der Waals surface area contributed by atoms with Crippen LogP contribution in [0.1, 0.15) is 36.7 Å². The zero-order valence-corrected chi connectivity index (χ0v) is 13.4. The van der Waals surface area contributed by atoms with Gasteiger partial charge in [-0.25, -0.2) is 17.9 Å². The molecule has 1 heterocycles. The van der Waals surface area contributed by atoms with E-state index in [4.69, 9.17) is 16.3 Å². The Kier molecular flexibility index (Phi) is 3.35. The van der Waals surface area contributed by atoms with Crippen molar-refractivity contribution in [1.82, 2.24) is 9.29 Å². The van der Waals surface area contributed by atoms with Gasteiger partial charge in [0.15, 0.2) is 0 Å². The molecule has 0 unspecified atom stereocenters. The molecule has 3 aliphatic carbocycles. The van der Waals surface area contributed by atoms with Crippen LogP contribution in [0.2, 0.25) is 5.02 Å². The van der Waals surface area contributed by atoms with E-state index in [2.05, 4.69) is 4.72 Å². The van der Waals surface area contributed by atoms with Crippen molar-refractivity contribution in [2.45, 2.75) is 36.6 Å². The van der Waals surface area contributed by atoms with Crippen molar-refractivity contribution in [1.29, 1.82) is 0 Å². The van der Waals surface area contributed by atoms with E-state index in [1.54, 1.807) is 14.0 Å². The molecule has 3 saturated carbocycles. The first kappa shape index (κ1) is 14.9. The van der Waals surface area contributed by atoms with Gasteiger partial charge >= 0.3 is 5.97 Å². The van der Waals surface area contributed by atoms with Gasteiger partial charge in [-0.2, -0.15) is 0 Å². The van der Waals surface area contributed by atoms with Crippen molar-refractivity contribution in [2.75, 3.05) is 6.61 Å². The standard InChI is InChI=1S/C13H17ClN2O4S/c1-3-20-12(17)11-10(14)9(7-16(11)2)21(18,19)15-13-4-8(5-13)6-13/h7-8,15H,3-6H2,1-2H3. The van der Waals surface area contributed by atoms with E-state index >= 15 is 0 Å². The molecule has 3 aliphatic rings. The maximum Gasteiger partial charge on any atom is 0.356 e. The maximum absolute atomic E-state index is 12.5. The monoisotopic (exact) mass is 332 g/mol. The van der Waals surface area contributed by atoms with Crippen LogP contribution >= 0.6 is 11.6 Å². The number of aromatic nitrogens is 1. The molecule has 4 rings (SSSR count). The summed E-state index contributed by atoms with van der Waals surface area (Å²) in [5, 5.41) is -0.0879. The van der Waals surface area contributed by atoms with E-state index in [1.807, 2.05) is 0 Å². The smallest absolute Gasteiger partial charge is 0.356 e. The second-order valence-electron chi connectivity index (χ2n) is 5.85. The van der Waals surface area contributed by atoms with Crippen molar-refractivity contribution in [3.05, 3.63) is 16.9 Å². The summed E-state index contributed by atoms with van der Waals surface area (Å²) in [6.45, 7) is 1.88. The van der Waals surface area contributed by atoms with Gasteiger partial charge in [0.2, 0.25) is 10.0 Å². The van der Waals surface area contributed by atoms with Gasteiger partial charge in [0, 0.05) is 18.8 Å². The fourth-order valence-corrected chi connectivity index (χ4v) is 5.26. The molecule has 0 aliphatic heterocycles. The van der Waals surface area contributed by atoms with Crippen molar-refractivity contribution in [3.63, 3.8) is 0 Å². The van der Waals surface area contributed by atoms with Crippen molar-refractivity contribution in [3.8, 4) is 0 Å². The van der Waals surface area contributed by atoms with Crippen LogP contribution in [0.3, 0.4) is 0 Å². The Bertz CT molecular complexity index is 693. The van der Waals surface area contributed by atoms with Gasteiger partial charge in [-0.3, -0.25) is 0 Å². The van der Waals surface area contributed by atoms with Crippen LogP contribution in [0.4, 0.5) is 0 Å². The van der Waals surface area contributed by atoms with E-state index < -0.39 is 16.0 Å². The molecule has 21 heavy (non-hydrogen) atoms. The molecular formula is C13H17ClN2O4S. The zero-order valence-electron chi connectivity index (χ0n) is 11.8. The lowest BCUT2D eigenvalue weighted by Gasteiger charge is -2.61. The summed E-state index contributed by atoms with van der Waals surface area (Å²) in [6, 6.07) is 0. The molecular weight excluding hydrogens is 316 g/mol. The number of rotatable bonds is 5. The van der Waals surface area contributed by atoms with Crippen molar-refractivity contribution >= 4 is 27.6 Å². The Balaban J connectivity index is 1.91. The number of nitrogens with one attached hydrogen (secondary N) is 1. The van der Waals surface area contributed by atoms with Gasteiger partial charge < -0.3 is 9.30 Å². The second kappa shape index (κ2) is 4.72. The molecule has 2 bridgehead atoms. The molecule has 1 N–H and O–H groups in total. The van der Waals surface area contributed by atoms with Gasteiger partial charge in [-0.15, -0.1) is 0 Å². The fraction of sp³-hybridized carbons (Fsp3) is 0.615. The first-order valence-corrected chi connectivity index (χ1v) is 8.70. The Hall–Kier alpha value is -1.05. The highest BCUT2D eigenvalue weighted by Gasteiger charge is 2.58. The fourth-order valence-electron chi connectivity index (χ4n) is 3.13. The minimum atomic E-state index is -3.73. The van der Waals surface area contributed by atoms with Crippen LogP contribution in [-0.2, 0) is 21.8 Å². The normalized spacial score (nSPS) is 26.9. The minimum Gasteiger partial charge on any atom is -0.461 e. The quantitative estimate of drug-likeness (QED) is 0.832. The number of esters is 1. The van der Waals surface area contributed by atoms with Crippen LogP contribution in [0.5, 0.6) is 0 Å². The number of halogens is 1. The topological polar surface area (TPSA) is 77.4 Å². The number of hydrogen-bond donors (Lipinski definition) is 1. The van der Waals surface area contributed by atoms with E-state index in [0.29, 0.717) is 5.92 Å². The molecule has 0 amide bonds. The lowest BCUT2D eigenvalue weighted by molar-refractivity contribution is -0.0317. The number of hydrogen-bond acceptors (Lipinski definition) is 4. The van der Waals surface area contributed by atoms with Gasteiger partial charge in [0.05, 0.1) is 11.6 Å². The summed E-state index contributed by atoms with van der Waals surface area (Å²) in [5.41, 5.74) is -0.233. The lowest BCUT2D eigenvalue weighted by atomic mass is 9.50. The SMILES string of the molecule is CCOC(=O)c1c(Cl)c(S(=O)(=O)NC23CC(C2)C3)cn1C. The van der Waals surface area contributed by atoms with E-state index in [1.165, 1.54) is 10.8 Å². The van der Waals surface area contributed by atoms with Crippen LogP contribution in [-0.4, -0.2) is 31.1 Å². The van der Waals surface area contributed by atoms with Gasteiger partial charge in [-0.1, -0.05) is 11.6 Å². The van der Waals surface area contributed by atoms with Gasteiger partial charge in [-0.05, 0) is 32.1 Å². The van der Waals surface area contributed by atoms with E-state index in [-0.39, 0.29) is 27.8 Å². The summed E-state index contributed by atoms with van der Waals surface area (Å²) in [5.74, 6) is 0.0333. The number of carbonyl (C=O) groups is 1. The predicted octanol–water partition coefficient (Wildman–Crippen LogP) is 1.69. The third kappa shape index (κ3) is 2.27. The van der Waals surface area contributed by atoms with Gasteiger partial charge in [0.1, 0.15) is 10.6 Å². The zero-order chi connectivity index (χ0) is 15.4. The molecule has 3 fully saturated rings. The highest BCUT2D eigenvalue weighted by molar-refractivity contribution is 7.89. The highest BCUT2D eigenvalue weighted by atomic mass is 35.5. The van der Waals surface area contributed by atoms with Crippen molar-refractivity contribution in [2.24, 2.45) is 13.0 Å². The third-order valence-corrected chi connectivity index (χ3v) is 6.32. The summed E-state index contributed by atoms with van der Waals surface area (Å²) in [7, 11) is -2.16. The Morgan fingerprint density at radius 3 is 2.62 bits per heavy atom. The van der Waals surface area contributed by atoms with Gasteiger partial charge in [0.25, 0.3) is 0 Å². The maximum atomic E-state index is 12.5. The predicted molar refractivity (Wildman–Crippen MR) is 76.8 cm³/mol. The average Bonchev–Trinajstić information content (AvgIpc) is 2.59. The third-order valence-electron chi connectivity index (χ3n) is 4.24. The molecule has 0 aromatic carbocycles. The van der Waals surface area contributed by atoms with E-state index in [0.717, 1.165) is 19.3 Å². The summed E-state index contributed by atoms with van der Waals surface area (Å²) < 4.78 is 34.0. The van der Waals surface area contributed by atoms with Crippen LogP contribution in [0.15, 0.2) is 11.1 Å². The first-order chi connectivity index (χ1) is 9.78. The molecule has 116 valence electrons. The second-order valence-corrected chi connectivity index (χ2v) is 7.88. The van der Waals surface area contributed by atoms with Crippen LogP contribution < -0.4 is 4.72 Å². The molecule has 1 aromatic rings. The Labute approximate surface area is 128 Å². The average molecular weight is 333 g/mol. The molecule has 0 spiro atoms. The molecule has 0 saturated heterocycles. The van der Waals surface area contributed by atoms with E-state index in [9.17, 15) is 13.2 Å². The number of ether oxygens (including phenoxy) is 1. The molecule has 6 nitrogen and oxygen atoms in total. The Morgan fingerprint density at radius 1 is 1.52 bits per heavy atom. The number of nitrogens with zero attached hydrogens (tertiary/aromatic N) is 1. The lowest BCUT2D eigenvalue weighted by Crippen LogP contribution is -2.67. The molecule has 0 atom stereocenters. The molecule has 1 aromatic heterocycles. The molecule has 8 heteroatoms. The largest absolute Gasteiger partial charge is 0.461 e. The first-order valence-electron chi connectivity index (χ1n) is 6.84. The minimum absolute atomic E-state index is 0.0523. The number of sulfonamides is 1. The highest BCUT2D eigenvalue weighted by Crippen LogP contribution is 2.57. The van der Waals surface area contributed by atoms with Crippen molar-refractivity contribution < 1.29 is 17.9 Å². The summed E-state index contributed by atoms with van der Waals surface area (Å²) >= 11 is 6.11. The van der Waals surface area contributed by atoms with Crippen LogP contribution in [0.25, 0.3) is 0 Å². The number of carbonyl (C=O) groups excluding carboxylic acids is 1. The number of aryl methyl sites for hydroxylation is 1. The summed E-state index contributed by atoms with van der Waals surface area (Å²) in [4.78, 5) is 11.8. The van der Waals surface area contributed by atoms with Crippen LogP contribution in [0, 0.1) is 5.92 Å². The molecule has 0 radical (unpaired) electrons. The summed E-state index contributed by atoms with van der Waals surface area (Å²) in [6.07, 6.45) is 4.02.